The molecule has 0 fully saturated rings. The molecule has 21 heavy (non-hydrogen) atoms. The van der Waals surface area contributed by atoms with Crippen molar-refractivity contribution in [2.45, 2.75) is 12.7 Å². The van der Waals surface area contributed by atoms with Gasteiger partial charge in [0.05, 0.1) is 12.9 Å². The van der Waals surface area contributed by atoms with E-state index in [1.165, 1.54) is 5.56 Å². The Bertz CT molecular complexity index is 596. The van der Waals surface area contributed by atoms with Gasteiger partial charge >= 0.3 is 0 Å². The number of nitrogens with one attached hydrogen (secondary N) is 1. The minimum absolute atomic E-state index is 0.0304. The largest absolute Gasteiger partial charge is 0.497 e. The number of para-hydroxylation sites is 1. The molecule has 0 aromatic heterocycles. The summed E-state index contributed by atoms with van der Waals surface area (Å²) in [6, 6.07) is 15.7. The number of carbonyl (C=O) groups is 1. The van der Waals surface area contributed by atoms with E-state index in [0.717, 1.165) is 22.8 Å². The number of amides is 1. The van der Waals surface area contributed by atoms with Crippen LogP contribution in [0.3, 0.4) is 0 Å². The molecule has 0 aliphatic carbocycles. The van der Waals surface area contributed by atoms with Crippen LogP contribution < -0.4 is 10.1 Å². The van der Waals surface area contributed by atoms with Crippen LogP contribution >= 0.6 is 11.8 Å². The van der Waals surface area contributed by atoms with Gasteiger partial charge in [0, 0.05) is 11.4 Å². The molecule has 0 heterocycles. The summed E-state index contributed by atoms with van der Waals surface area (Å²) < 4.78 is 5.12. The van der Waals surface area contributed by atoms with E-state index in [4.69, 9.17) is 4.74 Å². The summed E-state index contributed by atoms with van der Waals surface area (Å²) in [7, 11) is 1.65. The number of methoxy groups -OCH3 is 1. The van der Waals surface area contributed by atoms with Crippen molar-refractivity contribution in [3.05, 3.63) is 59.7 Å². The van der Waals surface area contributed by atoms with Crippen LogP contribution in [0.25, 0.3) is 0 Å². The highest BCUT2D eigenvalue weighted by molar-refractivity contribution is 7.99. The van der Waals surface area contributed by atoms with E-state index in [9.17, 15) is 4.79 Å². The van der Waals surface area contributed by atoms with Crippen molar-refractivity contribution >= 4 is 23.4 Å². The third-order valence-electron chi connectivity index (χ3n) is 3.08. The molecule has 0 saturated heterocycles. The molecule has 0 aliphatic heterocycles. The summed E-state index contributed by atoms with van der Waals surface area (Å²) in [5.41, 5.74) is 3.14. The number of hydrogen-bond donors (Lipinski definition) is 1. The molecule has 0 bridgehead atoms. The zero-order chi connectivity index (χ0) is 15.1. The number of thioether (sulfide) groups is 1. The zero-order valence-electron chi connectivity index (χ0n) is 12.3. The standard InChI is InChI=1S/C17H19NO2S/c1-13-5-3-4-6-16(13)18-17(19)12-21-11-14-7-9-15(20-2)10-8-14/h3-10H,11-12H2,1-2H3,(H,18,19). The van der Waals surface area contributed by atoms with E-state index in [1.54, 1.807) is 18.9 Å². The van der Waals surface area contributed by atoms with Gasteiger partial charge in [-0.1, -0.05) is 30.3 Å². The molecule has 0 saturated carbocycles. The Kier molecular flexibility index (Phi) is 5.69. The predicted octanol–water partition coefficient (Wildman–Crippen LogP) is 3.88. The third-order valence-corrected chi connectivity index (χ3v) is 4.08. The lowest BCUT2D eigenvalue weighted by Crippen LogP contribution is -2.14. The number of aryl methyl sites for hydroxylation is 1. The van der Waals surface area contributed by atoms with E-state index in [-0.39, 0.29) is 5.91 Å². The maximum absolute atomic E-state index is 11.9. The van der Waals surface area contributed by atoms with Gasteiger partial charge in [-0.2, -0.15) is 0 Å². The van der Waals surface area contributed by atoms with E-state index in [0.29, 0.717) is 5.75 Å². The second-order valence-electron chi connectivity index (χ2n) is 4.70. The fourth-order valence-electron chi connectivity index (χ4n) is 1.88. The van der Waals surface area contributed by atoms with Crippen LogP contribution in [0.15, 0.2) is 48.5 Å². The van der Waals surface area contributed by atoms with Gasteiger partial charge < -0.3 is 10.1 Å². The van der Waals surface area contributed by atoms with Gasteiger partial charge in [-0.05, 0) is 36.2 Å². The lowest BCUT2D eigenvalue weighted by molar-refractivity contribution is -0.113. The summed E-state index contributed by atoms with van der Waals surface area (Å²) in [5, 5.41) is 2.93. The van der Waals surface area contributed by atoms with Crippen LogP contribution in [0.5, 0.6) is 5.75 Å². The Morgan fingerprint density at radius 2 is 1.86 bits per heavy atom. The van der Waals surface area contributed by atoms with Crippen molar-refractivity contribution in [3.63, 3.8) is 0 Å². The molecule has 110 valence electrons. The van der Waals surface area contributed by atoms with Gasteiger partial charge in [-0.3, -0.25) is 4.79 Å². The quantitative estimate of drug-likeness (QED) is 0.880. The van der Waals surface area contributed by atoms with Gasteiger partial charge in [-0.15, -0.1) is 11.8 Å². The average Bonchev–Trinajstić information content (AvgIpc) is 2.50. The Labute approximate surface area is 129 Å². The first-order valence-electron chi connectivity index (χ1n) is 6.75. The van der Waals surface area contributed by atoms with Crippen LogP contribution in [-0.2, 0) is 10.5 Å². The molecule has 0 aliphatic rings. The number of hydrogen-bond acceptors (Lipinski definition) is 3. The van der Waals surface area contributed by atoms with E-state index in [2.05, 4.69) is 5.32 Å². The molecule has 0 unspecified atom stereocenters. The maximum atomic E-state index is 11.9. The number of rotatable bonds is 6. The van der Waals surface area contributed by atoms with Gasteiger partial charge in [0.2, 0.25) is 5.91 Å². The van der Waals surface area contributed by atoms with Crippen molar-refractivity contribution < 1.29 is 9.53 Å². The number of ether oxygens (including phenoxy) is 1. The lowest BCUT2D eigenvalue weighted by Gasteiger charge is -2.08. The molecule has 1 amide bonds. The Morgan fingerprint density at radius 3 is 2.52 bits per heavy atom. The van der Waals surface area contributed by atoms with Crippen LogP contribution in [-0.4, -0.2) is 18.8 Å². The highest BCUT2D eigenvalue weighted by Gasteiger charge is 2.04. The molecular weight excluding hydrogens is 282 g/mol. The maximum Gasteiger partial charge on any atom is 0.234 e. The molecule has 0 radical (unpaired) electrons. The molecule has 4 heteroatoms. The summed E-state index contributed by atoms with van der Waals surface area (Å²) >= 11 is 1.60. The fourth-order valence-corrected chi connectivity index (χ4v) is 2.67. The Balaban J connectivity index is 1.77. The first-order valence-corrected chi connectivity index (χ1v) is 7.90. The van der Waals surface area contributed by atoms with Gasteiger partial charge in [0.1, 0.15) is 5.75 Å². The van der Waals surface area contributed by atoms with E-state index in [1.807, 2.05) is 55.5 Å². The molecule has 2 aromatic rings. The molecule has 2 rings (SSSR count). The van der Waals surface area contributed by atoms with Crippen molar-refractivity contribution in [3.8, 4) is 5.75 Å². The molecule has 0 spiro atoms. The fraction of sp³-hybridized carbons (Fsp3) is 0.235. The summed E-state index contributed by atoms with van der Waals surface area (Å²) in [6.07, 6.45) is 0. The monoisotopic (exact) mass is 301 g/mol. The van der Waals surface area contributed by atoms with Gasteiger partial charge in [0.15, 0.2) is 0 Å². The second-order valence-corrected chi connectivity index (χ2v) is 5.69. The van der Waals surface area contributed by atoms with Gasteiger partial charge in [0.25, 0.3) is 0 Å². The molecule has 1 N–H and O–H groups in total. The predicted molar refractivity (Wildman–Crippen MR) is 89.0 cm³/mol. The molecule has 2 aromatic carbocycles. The van der Waals surface area contributed by atoms with Crippen LogP contribution in [0, 0.1) is 6.92 Å². The van der Waals surface area contributed by atoms with E-state index < -0.39 is 0 Å². The van der Waals surface area contributed by atoms with Crippen LogP contribution in [0.2, 0.25) is 0 Å². The van der Waals surface area contributed by atoms with Gasteiger partial charge in [-0.25, -0.2) is 0 Å². The van der Waals surface area contributed by atoms with Crippen molar-refractivity contribution in [1.29, 1.82) is 0 Å². The topological polar surface area (TPSA) is 38.3 Å². The highest BCUT2D eigenvalue weighted by Crippen LogP contribution is 2.17. The molecule has 3 nitrogen and oxygen atoms in total. The molecular formula is C17H19NO2S. The summed E-state index contributed by atoms with van der Waals surface area (Å²) in [6.45, 7) is 1.99. The minimum atomic E-state index is 0.0304. The average molecular weight is 301 g/mol. The zero-order valence-corrected chi connectivity index (χ0v) is 13.1. The van der Waals surface area contributed by atoms with Crippen molar-refractivity contribution in [1.82, 2.24) is 0 Å². The first-order chi connectivity index (χ1) is 10.2. The number of anilines is 1. The molecule has 0 atom stereocenters. The first kappa shape index (κ1) is 15.4. The van der Waals surface area contributed by atoms with E-state index >= 15 is 0 Å². The summed E-state index contributed by atoms with van der Waals surface area (Å²) in [4.78, 5) is 11.9. The third kappa shape index (κ3) is 4.83. The number of carbonyl (C=O) groups excluding carboxylic acids is 1. The smallest absolute Gasteiger partial charge is 0.234 e. The van der Waals surface area contributed by atoms with Crippen LogP contribution in [0.4, 0.5) is 5.69 Å². The summed E-state index contributed by atoms with van der Waals surface area (Å²) in [5.74, 6) is 2.13. The minimum Gasteiger partial charge on any atom is -0.497 e. The van der Waals surface area contributed by atoms with Crippen molar-refractivity contribution in [2.75, 3.05) is 18.2 Å². The highest BCUT2D eigenvalue weighted by atomic mass is 32.2. The van der Waals surface area contributed by atoms with Crippen LogP contribution in [0.1, 0.15) is 11.1 Å². The lowest BCUT2D eigenvalue weighted by atomic mass is 10.2. The number of benzene rings is 2. The SMILES string of the molecule is COc1ccc(CSCC(=O)Nc2ccccc2C)cc1. The Morgan fingerprint density at radius 1 is 1.14 bits per heavy atom. The normalized spacial score (nSPS) is 10.2. The Hall–Kier alpha value is -1.94. The second kappa shape index (κ2) is 7.74. The van der Waals surface area contributed by atoms with Crippen molar-refractivity contribution in [2.24, 2.45) is 0 Å².